The minimum atomic E-state index is -0.407. The van der Waals surface area contributed by atoms with E-state index in [-0.39, 0.29) is 13.2 Å². The van der Waals surface area contributed by atoms with E-state index in [0.717, 1.165) is 11.5 Å². The molecular formula is C29H29ClO4. The van der Waals surface area contributed by atoms with Gasteiger partial charge in [0.1, 0.15) is 11.5 Å². The van der Waals surface area contributed by atoms with Gasteiger partial charge in [-0.15, -0.1) is 0 Å². The van der Waals surface area contributed by atoms with Crippen LogP contribution in [0.3, 0.4) is 0 Å². The van der Waals surface area contributed by atoms with Crippen molar-refractivity contribution < 1.29 is 19.1 Å². The first-order valence-corrected chi connectivity index (χ1v) is 10.5. The molecule has 5 heteroatoms. The van der Waals surface area contributed by atoms with E-state index in [9.17, 15) is 9.59 Å². The summed E-state index contributed by atoms with van der Waals surface area (Å²) in [5.41, 5.74) is 1.92. The van der Waals surface area contributed by atoms with Crippen LogP contribution >= 0.6 is 11.6 Å². The molecule has 0 unspecified atom stereocenters. The molecule has 0 atom stereocenters. The second-order valence-corrected chi connectivity index (χ2v) is 6.92. The van der Waals surface area contributed by atoms with E-state index in [2.05, 4.69) is 0 Å². The fraction of sp³-hybridized carbons (Fsp3) is 0.103. The third-order valence-corrected chi connectivity index (χ3v) is 4.59. The van der Waals surface area contributed by atoms with E-state index < -0.39 is 5.24 Å². The van der Waals surface area contributed by atoms with Crippen molar-refractivity contribution in [2.45, 2.75) is 7.43 Å². The first-order chi connectivity index (χ1) is 16.0. The molecule has 34 heavy (non-hydrogen) atoms. The monoisotopic (exact) mass is 476 g/mol. The number of carbonyl (C=O) groups excluding carboxylic acids is 2. The Balaban J connectivity index is 0.000000274. The molecule has 4 aromatic carbocycles. The molecule has 0 saturated carbocycles. The number of methoxy groups -OCH3 is 2. The predicted molar refractivity (Wildman–Crippen MR) is 139 cm³/mol. The summed E-state index contributed by atoms with van der Waals surface area (Å²) in [5.74, 6) is 1.69. The molecule has 0 aliphatic heterocycles. The maximum Gasteiger partial charge on any atom is 0.252 e. The molecule has 0 aliphatic carbocycles. The Morgan fingerprint density at radius 3 is 1.24 bits per heavy atom. The maximum absolute atomic E-state index is 12.0. The van der Waals surface area contributed by atoms with E-state index in [1.807, 2.05) is 66.7 Å². The highest BCUT2D eigenvalue weighted by atomic mass is 35.5. The van der Waals surface area contributed by atoms with E-state index in [0.29, 0.717) is 16.7 Å². The first kappa shape index (κ1) is 28.1. The van der Waals surface area contributed by atoms with Gasteiger partial charge in [-0.05, 0) is 48.0 Å². The number of hydrogen-bond donors (Lipinski definition) is 0. The van der Waals surface area contributed by atoms with Crippen molar-refractivity contribution >= 4 is 22.6 Å². The minimum absolute atomic E-state index is 0. The summed E-state index contributed by atoms with van der Waals surface area (Å²) >= 11 is 5.16. The highest BCUT2D eigenvalue weighted by Gasteiger charge is 2.07. The molecule has 0 aliphatic rings. The lowest BCUT2D eigenvalue weighted by atomic mass is 10.0. The smallest absolute Gasteiger partial charge is 0.252 e. The Bertz CT molecular complexity index is 1100. The zero-order valence-corrected chi connectivity index (χ0v) is 19.2. The maximum atomic E-state index is 12.0. The van der Waals surface area contributed by atoms with Gasteiger partial charge in [0.25, 0.3) is 5.24 Å². The van der Waals surface area contributed by atoms with Crippen LogP contribution in [-0.2, 0) is 0 Å². The van der Waals surface area contributed by atoms with Crippen molar-refractivity contribution in [1.82, 2.24) is 0 Å². The minimum Gasteiger partial charge on any atom is -0.497 e. The number of hydrogen-bond acceptors (Lipinski definition) is 4. The quantitative estimate of drug-likeness (QED) is 0.223. The Labute approximate surface area is 206 Å². The number of carbonyl (C=O) groups is 2. The van der Waals surface area contributed by atoms with Crippen LogP contribution in [0.25, 0.3) is 0 Å². The average Bonchev–Trinajstić information content (AvgIpc) is 2.90. The topological polar surface area (TPSA) is 52.6 Å². The number of ketones is 1. The fourth-order valence-electron chi connectivity index (χ4n) is 2.62. The highest BCUT2D eigenvalue weighted by Crippen LogP contribution is 2.14. The van der Waals surface area contributed by atoms with Crippen molar-refractivity contribution in [2.24, 2.45) is 0 Å². The Kier molecular flexibility index (Phi) is 13.1. The van der Waals surface area contributed by atoms with Gasteiger partial charge in [0, 0.05) is 16.7 Å². The zero-order valence-electron chi connectivity index (χ0n) is 18.5. The molecule has 0 radical (unpaired) electrons. The van der Waals surface area contributed by atoms with Gasteiger partial charge in [0.05, 0.1) is 14.2 Å². The second-order valence-electron chi connectivity index (χ2n) is 6.58. The summed E-state index contributed by atoms with van der Waals surface area (Å²) in [6.07, 6.45) is 0. The largest absolute Gasteiger partial charge is 0.497 e. The van der Waals surface area contributed by atoms with Gasteiger partial charge in [0.15, 0.2) is 5.78 Å². The molecular weight excluding hydrogens is 448 g/mol. The molecule has 0 saturated heterocycles. The van der Waals surface area contributed by atoms with Gasteiger partial charge in [-0.1, -0.05) is 86.3 Å². The van der Waals surface area contributed by atoms with Gasteiger partial charge >= 0.3 is 0 Å². The third kappa shape index (κ3) is 9.72. The Morgan fingerprint density at radius 1 is 0.529 bits per heavy atom. The molecule has 0 fully saturated rings. The second kappa shape index (κ2) is 15.8. The number of para-hydroxylation sites is 1. The predicted octanol–water partition coefficient (Wildman–Crippen LogP) is 7.32. The van der Waals surface area contributed by atoms with Crippen LogP contribution in [0.5, 0.6) is 11.5 Å². The third-order valence-electron chi connectivity index (χ3n) is 4.37. The number of benzene rings is 4. The van der Waals surface area contributed by atoms with Crippen LogP contribution in [0.2, 0.25) is 0 Å². The van der Waals surface area contributed by atoms with Gasteiger partial charge < -0.3 is 9.47 Å². The van der Waals surface area contributed by atoms with E-state index in [1.54, 1.807) is 62.8 Å². The number of ether oxygens (including phenoxy) is 2. The average molecular weight is 477 g/mol. The highest BCUT2D eigenvalue weighted by molar-refractivity contribution is 6.67. The fourth-order valence-corrected chi connectivity index (χ4v) is 2.75. The van der Waals surface area contributed by atoms with Gasteiger partial charge in [0.2, 0.25) is 0 Å². The van der Waals surface area contributed by atoms with E-state index >= 15 is 0 Å². The summed E-state index contributed by atoms with van der Waals surface area (Å²) in [6, 6.07) is 34.8. The lowest BCUT2D eigenvalue weighted by Crippen LogP contribution is -2.00. The Morgan fingerprint density at radius 2 is 0.882 bits per heavy atom. The van der Waals surface area contributed by atoms with Crippen molar-refractivity contribution in [3.8, 4) is 11.5 Å². The Hall–Kier alpha value is -3.89. The zero-order chi connectivity index (χ0) is 23.9. The standard InChI is InChI=1S/C14H12O2.C7H5ClO.C7H8O.CH4/c1-16-13-9-7-12(8-10-13)14(15)11-5-3-2-4-6-11;8-7(9)6-4-2-1-3-5-6;1-8-7-5-3-2-4-6-7;/h2-10H,1H3;1-5H;2-6H,1H3;1H4. The summed E-state index contributed by atoms with van der Waals surface area (Å²) < 4.78 is 9.96. The van der Waals surface area contributed by atoms with Crippen LogP contribution in [-0.4, -0.2) is 25.2 Å². The van der Waals surface area contributed by atoms with Crippen molar-refractivity contribution in [3.05, 3.63) is 132 Å². The molecule has 4 nitrogen and oxygen atoms in total. The number of rotatable bonds is 5. The molecule has 0 spiro atoms. The summed E-state index contributed by atoms with van der Waals surface area (Å²) in [4.78, 5) is 22.4. The molecule has 0 heterocycles. The molecule has 0 aromatic heterocycles. The molecule has 0 amide bonds. The first-order valence-electron chi connectivity index (χ1n) is 10.1. The van der Waals surface area contributed by atoms with Crippen molar-refractivity contribution in [2.75, 3.05) is 14.2 Å². The van der Waals surface area contributed by atoms with Crippen LogP contribution in [0, 0.1) is 0 Å². The van der Waals surface area contributed by atoms with E-state index in [1.165, 1.54) is 0 Å². The normalized spacial score (nSPS) is 9.03. The summed E-state index contributed by atoms with van der Waals surface area (Å²) in [6.45, 7) is 0. The van der Waals surface area contributed by atoms with Crippen LogP contribution < -0.4 is 9.47 Å². The van der Waals surface area contributed by atoms with Crippen LogP contribution in [0.15, 0.2) is 115 Å². The molecule has 0 N–H and O–H groups in total. The molecule has 4 aromatic rings. The van der Waals surface area contributed by atoms with Gasteiger partial charge in [-0.25, -0.2) is 0 Å². The van der Waals surface area contributed by atoms with Crippen LogP contribution in [0.1, 0.15) is 33.7 Å². The molecule has 176 valence electrons. The molecule has 4 rings (SSSR count). The van der Waals surface area contributed by atoms with Gasteiger partial charge in [-0.2, -0.15) is 0 Å². The van der Waals surface area contributed by atoms with E-state index in [4.69, 9.17) is 21.1 Å². The number of halogens is 1. The van der Waals surface area contributed by atoms with Gasteiger partial charge in [-0.3, -0.25) is 9.59 Å². The SMILES string of the molecule is C.COc1ccc(C(=O)c2ccccc2)cc1.COc1ccccc1.O=C(Cl)c1ccccc1. The summed E-state index contributed by atoms with van der Waals surface area (Å²) in [7, 11) is 3.27. The van der Waals surface area contributed by atoms with Crippen molar-refractivity contribution in [3.63, 3.8) is 0 Å². The summed E-state index contributed by atoms with van der Waals surface area (Å²) in [5, 5.41) is -0.407. The lowest BCUT2D eigenvalue weighted by molar-refractivity contribution is 0.103. The van der Waals surface area contributed by atoms with Crippen molar-refractivity contribution in [1.29, 1.82) is 0 Å². The van der Waals surface area contributed by atoms with Crippen LogP contribution in [0.4, 0.5) is 0 Å². The molecule has 0 bridgehead atoms. The lowest BCUT2D eigenvalue weighted by Gasteiger charge is -2.02.